The fourth-order valence-corrected chi connectivity index (χ4v) is 3.14. The van der Waals surface area contributed by atoms with Crippen molar-refractivity contribution < 1.29 is 9.84 Å². The Bertz CT molecular complexity index is 729. The molecule has 10 nitrogen and oxygen atoms in total. The molecule has 0 amide bonds. The Labute approximate surface area is 132 Å². The second kappa shape index (κ2) is 5.26. The molecule has 0 aromatic carbocycles. The monoisotopic (exact) mass is 402 g/mol. The van der Waals surface area contributed by atoms with Gasteiger partial charge in [-0.05, 0) is 5.53 Å². The van der Waals surface area contributed by atoms with Crippen LogP contribution < -0.4 is 5.73 Å². The SMILES string of the molecule is [N-]=[N+]=N[C@]1(CI)O[C@@H](n2cnc3c(N)ncnc32)C[C@@H]1O. The highest BCUT2D eigenvalue weighted by atomic mass is 127. The van der Waals surface area contributed by atoms with E-state index < -0.39 is 18.1 Å². The minimum absolute atomic E-state index is 0.261. The summed E-state index contributed by atoms with van der Waals surface area (Å²) < 4.78 is 7.77. The average Bonchev–Trinajstić information content (AvgIpc) is 3.03. The number of fused-ring (bicyclic) bond motifs is 1. The minimum atomic E-state index is -1.28. The van der Waals surface area contributed by atoms with Crippen molar-refractivity contribution in [2.45, 2.75) is 24.5 Å². The summed E-state index contributed by atoms with van der Waals surface area (Å²) in [4.78, 5) is 14.9. The number of hydrogen-bond acceptors (Lipinski definition) is 7. The Balaban J connectivity index is 2.02. The van der Waals surface area contributed by atoms with E-state index in [4.69, 9.17) is 16.0 Å². The van der Waals surface area contributed by atoms with E-state index in [1.807, 2.05) is 22.6 Å². The first kappa shape index (κ1) is 14.3. The Kier molecular flexibility index (Phi) is 3.57. The average molecular weight is 402 g/mol. The molecule has 2 aromatic rings. The van der Waals surface area contributed by atoms with Crippen LogP contribution in [0.5, 0.6) is 0 Å². The van der Waals surface area contributed by atoms with Crippen molar-refractivity contribution in [1.82, 2.24) is 19.5 Å². The summed E-state index contributed by atoms with van der Waals surface area (Å²) in [6, 6.07) is 0. The smallest absolute Gasteiger partial charge is 0.184 e. The number of alkyl halides is 1. The summed E-state index contributed by atoms with van der Waals surface area (Å²) in [6.07, 6.45) is 1.66. The van der Waals surface area contributed by atoms with Gasteiger partial charge in [-0.15, -0.1) is 0 Å². The number of anilines is 1. The fourth-order valence-electron chi connectivity index (χ4n) is 2.30. The summed E-state index contributed by atoms with van der Waals surface area (Å²) in [5, 5.41) is 13.8. The molecule has 0 spiro atoms. The molecule has 1 aliphatic rings. The van der Waals surface area contributed by atoms with E-state index in [1.165, 1.54) is 12.7 Å². The number of aliphatic hydroxyl groups excluding tert-OH is 1. The molecule has 11 heteroatoms. The number of azide groups is 1. The Hall–Kier alpha value is -1.69. The quantitative estimate of drug-likeness (QED) is 0.259. The van der Waals surface area contributed by atoms with Gasteiger partial charge in [0.2, 0.25) is 0 Å². The zero-order valence-electron chi connectivity index (χ0n) is 10.7. The number of hydrogen-bond donors (Lipinski definition) is 2. The van der Waals surface area contributed by atoms with Gasteiger partial charge in [0, 0.05) is 15.8 Å². The van der Waals surface area contributed by atoms with Gasteiger partial charge in [-0.1, -0.05) is 27.7 Å². The van der Waals surface area contributed by atoms with Crippen LogP contribution in [-0.4, -0.2) is 40.9 Å². The summed E-state index contributed by atoms with van der Waals surface area (Å²) in [7, 11) is 0. The summed E-state index contributed by atoms with van der Waals surface area (Å²) in [5.74, 6) is 0.271. The Morgan fingerprint density at radius 2 is 2.43 bits per heavy atom. The van der Waals surface area contributed by atoms with Gasteiger partial charge in [-0.3, -0.25) is 4.57 Å². The summed E-state index contributed by atoms with van der Waals surface area (Å²) in [5.41, 5.74) is 14.1. The topological polar surface area (TPSA) is 148 Å². The van der Waals surface area contributed by atoms with Crippen LogP contribution in [0, 0.1) is 0 Å². The first-order valence-electron chi connectivity index (χ1n) is 6.02. The maximum atomic E-state index is 10.2. The highest BCUT2D eigenvalue weighted by Crippen LogP contribution is 2.40. The van der Waals surface area contributed by atoms with E-state index in [0.717, 1.165) is 0 Å². The first-order valence-corrected chi connectivity index (χ1v) is 7.55. The third-order valence-corrected chi connectivity index (χ3v) is 4.48. The Morgan fingerprint density at radius 1 is 1.62 bits per heavy atom. The molecule has 0 saturated carbocycles. The van der Waals surface area contributed by atoms with E-state index in [0.29, 0.717) is 15.6 Å². The molecule has 0 unspecified atom stereocenters. The van der Waals surface area contributed by atoms with Gasteiger partial charge in [0.05, 0.1) is 12.4 Å². The molecule has 110 valence electrons. The number of halogens is 1. The largest absolute Gasteiger partial charge is 0.390 e. The molecule has 21 heavy (non-hydrogen) atoms. The van der Waals surface area contributed by atoms with E-state index in [9.17, 15) is 5.11 Å². The standard InChI is InChI=1S/C10H11IN8O2/c11-2-10(17-18-13)5(20)1-6(21-10)19-4-16-7-8(12)14-3-15-9(7)19/h3-6,20H,1-2H2,(H2,12,14,15)/t5-,6+,10+/m0/s1. The highest BCUT2D eigenvalue weighted by Gasteiger charge is 2.48. The lowest BCUT2D eigenvalue weighted by Gasteiger charge is -2.24. The van der Waals surface area contributed by atoms with E-state index in [-0.39, 0.29) is 12.2 Å². The summed E-state index contributed by atoms with van der Waals surface area (Å²) in [6.45, 7) is 0. The molecule has 1 aliphatic heterocycles. The second-order valence-corrected chi connectivity index (χ2v) is 5.34. The van der Waals surface area contributed by atoms with Crippen molar-refractivity contribution in [3.8, 4) is 0 Å². The van der Waals surface area contributed by atoms with Crippen LogP contribution in [0.15, 0.2) is 17.8 Å². The van der Waals surface area contributed by atoms with Crippen molar-refractivity contribution >= 4 is 39.6 Å². The van der Waals surface area contributed by atoms with Gasteiger partial charge >= 0.3 is 0 Å². The van der Waals surface area contributed by atoms with Gasteiger partial charge in [0.25, 0.3) is 0 Å². The van der Waals surface area contributed by atoms with Crippen LogP contribution in [0.1, 0.15) is 12.6 Å². The van der Waals surface area contributed by atoms with Crippen molar-refractivity contribution in [3.05, 3.63) is 23.1 Å². The molecule has 0 aliphatic carbocycles. The van der Waals surface area contributed by atoms with Crippen LogP contribution in [0.3, 0.4) is 0 Å². The van der Waals surface area contributed by atoms with Crippen LogP contribution in [0.4, 0.5) is 5.82 Å². The van der Waals surface area contributed by atoms with E-state index in [2.05, 4.69) is 25.0 Å². The predicted octanol–water partition coefficient (Wildman–Crippen LogP) is 1.13. The summed E-state index contributed by atoms with van der Waals surface area (Å²) >= 11 is 2.01. The van der Waals surface area contributed by atoms with Crippen molar-refractivity contribution in [1.29, 1.82) is 0 Å². The van der Waals surface area contributed by atoms with Gasteiger partial charge in [-0.2, -0.15) is 0 Å². The lowest BCUT2D eigenvalue weighted by molar-refractivity contribution is -0.0795. The zero-order valence-corrected chi connectivity index (χ0v) is 12.8. The molecule has 0 bridgehead atoms. The molecule has 3 atom stereocenters. The van der Waals surface area contributed by atoms with Crippen molar-refractivity contribution in [2.24, 2.45) is 5.11 Å². The number of nitrogen functional groups attached to an aromatic ring is 1. The maximum Gasteiger partial charge on any atom is 0.184 e. The zero-order chi connectivity index (χ0) is 15.0. The molecule has 3 rings (SSSR count). The van der Waals surface area contributed by atoms with Crippen LogP contribution >= 0.6 is 22.6 Å². The highest BCUT2D eigenvalue weighted by molar-refractivity contribution is 14.1. The fraction of sp³-hybridized carbons (Fsp3) is 0.500. The van der Waals surface area contributed by atoms with E-state index in [1.54, 1.807) is 4.57 Å². The van der Waals surface area contributed by atoms with Gasteiger partial charge in [0.15, 0.2) is 17.2 Å². The molecular weight excluding hydrogens is 391 g/mol. The number of aromatic nitrogens is 4. The van der Waals surface area contributed by atoms with Crippen LogP contribution in [0.2, 0.25) is 0 Å². The van der Waals surface area contributed by atoms with E-state index >= 15 is 0 Å². The van der Waals surface area contributed by atoms with Crippen LogP contribution in [0.25, 0.3) is 21.6 Å². The van der Waals surface area contributed by atoms with Gasteiger partial charge in [-0.25, -0.2) is 15.0 Å². The molecule has 3 heterocycles. The molecule has 2 aromatic heterocycles. The molecule has 0 radical (unpaired) electrons. The number of rotatable bonds is 3. The number of imidazole rings is 1. The van der Waals surface area contributed by atoms with Gasteiger partial charge in [0.1, 0.15) is 18.1 Å². The van der Waals surface area contributed by atoms with Crippen molar-refractivity contribution in [2.75, 3.05) is 10.2 Å². The lowest BCUT2D eigenvalue weighted by Crippen LogP contribution is -2.38. The molecular formula is C10H11IN8O2. The first-order chi connectivity index (χ1) is 10.1. The molecule has 3 N–H and O–H groups in total. The number of nitrogens with two attached hydrogens (primary N) is 1. The number of ether oxygens (including phenoxy) is 1. The maximum absolute atomic E-state index is 10.2. The van der Waals surface area contributed by atoms with Gasteiger partial charge < -0.3 is 15.6 Å². The Morgan fingerprint density at radius 3 is 3.14 bits per heavy atom. The number of aliphatic hydroxyl groups is 1. The minimum Gasteiger partial charge on any atom is -0.390 e. The predicted molar refractivity (Wildman–Crippen MR) is 81.2 cm³/mol. The lowest BCUT2D eigenvalue weighted by atomic mass is 10.1. The molecule has 1 fully saturated rings. The molecule has 1 saturated heterocycles. The third-order valence-electron chi connectivity index (χ3n) is 3.39. The van der Waals surface area contributed by atoms with Crippen molar-refractivity contribution in [3.63, 3.8) is 0 Å². The second-order valence-electron chi connectivity index (χ2n) is 4.57. The third kappa shape index (κ3) is 2.18. The number of nitrogens with zero attached hydrogens (tertiary/aromatic N) is 7. The normalized spacial score (nSPS) is 28.7. The van der Waals surface area contributed by atoms with Crippen LogP contribution in [-0.2, 0) is 4.74 Å².